The van der Waals surface area contributed by atoms with Crippen molar-refractivity contribution in [3.63, 3.8) is 0 Å². The number of piperidine rings is 1. The second kappa shape index (κ2) is 12.1. The standard InChI is InChI=1S/C26H31F3N4O4S/c1-2-37-23(34)21-17-7-3-6-10-20(17)38-22(21)32-24(35)30-15-16-11-13-33(14-12-16)25(36)31-19-9-5-4-8-18(19)26(27,28)29/h4-5,8-9,16H,2-3,6-7,10-15H2,1H3,(H,31,36)(H2,30,32,35). The van der Waals surface area contributed by atoms with E-state index < -0.39 is 29.8 Å². The van der Waals surface area contributed by atoms with Crippen molar-refractivity contribution in [3.05, 3.63) is 45.8 Å². The zero-order valence-corrected chi connectivity index (χ0v) is 21.9. The lowest BCUT2D eigenvalue weighted by molar-refractivity contribution is -0.136. The summed E-state index contributed by atoms with van der Waals surface area (Å²) in [5.74, 6) is -0.320. The predicted octanol–water partition coefficient (Wildman–Crippen LogP) is 5.89. The fraction of sp³-hybridized carbons (Fsp3) is 0.500. The van der Waals surface area contributed by atoms with Crippen molar-refractivity contribution in [3.8, 4) is 0 Å². The van der Waals surface area contributed by atoms with E-state index >= 15 is 0 Å². The molecule has 2 aliphatic rings. The highest BCUT2D eigenvalue weighted by Gasteiger charge is 2.34. The Balaban J connectivity index is 1.27. The number of hydrogen-bond acceptors (Lipinski definition) is 5. The highest BCUT2D eigenvalue weighted by Crippen LogP contribution is 2.39. The SMILES string of the molecule is CCOC(=O)c1c(NC(=O)NCC2CCN(C(=O)Nc3ccccc3C(F)(F)F)CC2)sc2c1CCCC2. The Morgan fingerprint density at radius 1 is 1.08 bits per heavy atom. The number of rotatable bonds is 6. The zero-order valence-electron chi connectivity index (χ0n) is 21.1. The van der Waals surface area contributed by atoms with Crippen LogP contribution in [0.1, 0.15) is 59.0 Å². The van der Waals surface area contributed by atoms with E-state index in [1.807, 2.05) is 0 Å². The molecule has 1 saturated heterocycles. The number of esters is 1. The first-order chi connectivity index (χ1) is 18.2. The van der Waals surface area contributed by atoms with Crippen molar-refractivity contribution in [2.45, 2.75) is 51.6 Å². The van der Waals surface area contributed by atoms with E-state index in [-0.39, 0.29) is 18.2 Å². The molecule has 1 aromatic heterocycles. The largest absolute Gasteiger partial charge is 0.462 e. The van der Waals surface area contributed by atoms with Crippen LogP contribution in [0.2, 0.25) is 0 Å². The number of para-hydroxylation sites is 1. The number of nitrogens with one attached hydrogen (secondary N) is 3. The Morgan fingerprint density at radius 2 is 1.79 bits per heavy atom. The molecule has 8 nitrogen and oxygen atoms in total. The highest BCUT2D eigenvalue weighted by atomic mass is 32.1. The van der Waals surface area contributed by atoms with Crippen LogP contribution >= 0.6 is 11.3 Å². The molecule has 0 atom stereocenters. The van der Waals surface area contributed by atoms with Gasteiger partial charge >= 0.3 is 24.2 Å². The molecule has 12 heteroatoms. The number of alkyl halides is 3. The van der Waals surface area contributed by atoms with Crippen molar-refractivity contribution in [2.24, 2.45) is 5.92 Å². The average Bonchev–Trinajstić information content (AvgIpc) is 3.25. The van der Waals surface area contributed by atoms with Crippen LogP contribution in [0.4, 0.5) is 33.4 Å². The summed E-state index contributed by atoms with van der Waals surface area (Å²) in [6, 6.07) is 3.87. The maximum Gasteiger partial charge on any atom is 0.418 e. The van der Waals surface area contributed by atoms with Crippen LogP contribution in [-0.2, 0) is 23.8 Å². The van der Waals surface area contributed by atoms with Gasteiger partial charge in [-0.05, 0) is 69.1 Å². The number of ether oxygens (including phenoxy) is 1. The summed E-state index contributed by atoms with van der Waals surface area (Å²) >= 11 is 1.42. The molecule has 1 aromatic carbocycles. The summed E-state index contributed by atoms with van der Waals surface area (Å²) in [4.78, 5) is 40.4. The van der Waals surface area contributed by atoms with Gasteiger partial charge in [0.25, 0.3) is 0 Å². The van der Waals surface area contributed by atoms with Gasteiger partial charge in [0.05, 0.1) is 23.4 Å². The predicted molar refractivity (Wildman–Crippen MR) is 139 cm³/mol. The Hall–Kier alpha value is -3.28. The molecule has 1 fully saturated rings. The normalized spacial score (nSPS) is 15.9. The molecule has 0 radical (unpaired) electrons. The molecule has 4 rings (SSSR count). The number of halogens is 3. The van der Waals surface area contributed by atoms with Crippen LogP contribution in [0.5, 0.6) is 0 Å². The van der Waals surface area contributed by atoms with Gasteiger partial charge in [-0.15, -0.1) is 11.3 Å². The van der Waals surface area contributed by atoms with Gasteiger partial charge < -0.3 is 20.3 Å². The van der Waals surface area contributed by atoms with E-state index in [9.17, 15) is 27.6 Å². The summed E-state index contributed by atoms with van der Waals surface area (Å²) in [6.07, 6.45) is 0.329. The smallest absolute Gasteiger partial charge is 0.418 e. The molecule has 2 heterocycles. The summed E-state index contributed by atoms with van der Waals surface area (Å²) in [5, 5.41) is 8.54. The molecular formula is C26H31F3N4O4S. The number of carbonyl (C=O) groups excluding carboxylic acids is 3. The Labute approximate surface area is 222 Å². The number of thiophene rings is 1. The Morgan fingerprint density at radius 3 is 2.50 bits per heavy atom. The van der Waals surface area contributed by atoms with Crippen molar-refractivity contribution in [1.82, 2.24) is 10.2 Å². The van der Waals surface area contributed by atoms with E-state index in [4.69, 9.17) is 4.74 Å². The number of amides is 4. The van der Waals surface area contributed by atoms with Gasteiger partial charge in [-0.2, -0.15) is 13.2 Å². The maximum absolute atomic E-state index is 13.2. The number of urea groups is 2. The van der Waals surface area contributed by atoms with Crippen molar-refractivity contribution in [2.75, 3.05) is 36.9 Å². The fourth-order valence-corrected chi connectivity index (χ4v) is 6.10. The summed E-state index contributed by atoms with van der Waals surface area (Å²) in [7, 11) is 0. The van der Waals surface area contributed by atoms with Gasteiger partial charge in [0.2, 0.25) is 0 Å². The van der Waals surface area contributed by atoms with Crippen molar-refractivity contribution >= 4 is 40.1 Å². The number of anilines is 2. The van der Waals surface area contributed by atoms with Crippen LogP contribution in [0, 0.1) is 5.92 Å². The molecule has 38 heavy (non-hydrogen) atoms. The molecule has 0 unspecified atom stereocenters. The minimum absolute atomic E-state index is 0.105. The molecule has 3 N–H and O–H groups in total. The first-order valence-electron chi connectivity index (χ1n) is 12.8. The van der Waals surface area contributed by atoms with Gasteiger partial charge in [-0.3, -0.25) is 5.32 Å². The Kier molecular flexibility index (Phi) is 8.80. The average molecular weight is 553 g/mol. The van der Waals surface area contributed by atoms with Gasteiger partial charge in [0, 0.05) is 24.5 Å². The highest BCUT2D eigenvalue weighted by molar-refractivity contribution is 7.17. The van der Waals surface area contributed by atoms with Crippen molar-refractivity contribution in [1.29, 1.82) is 0 Å². The topological polar surface area (TPSA) is 99.8 Å². The third kappa shape index (κ3) is 6.58. The van der Waals surface area contributed by atoms with Gasteiger partial charge in [-0.25, -0.2) is 14.4 Å². The second-order valence-corrected chi connectivity index (χ2v) is 10.5. The number of aryl methyl sites for hydroxylation is 1. The third-order valence-corrected chi connectivity index (χ3v) is 8.01. The molecule has 2 aromatic rings. The van der Waals surface area contributed by atoms with Gasteiger partial charge in [0.15, 0.2) is 0 Å². The summed E-state index contributed by atoms with van der Waals surface area (Å²) in [5.41, 5.74) is 0.255. The van der Waals surface area contributed by atoms with E-state index in [1.54, 1.807) is 6.92 Å². The molecule has 206 valence electrons. The quantitative estimate of drug-likeness (QED) is 0.389. The van der Waals surface area contributed by atoms with Crippen LogP contribution < -0.4 is 16.0 Å². The molecule has 1 aliphatic carbocycles. The maximum atomic E-state index is 13.2. The number of carbonyl (C=O) groups is 3. The molecule has 0 bridgehead atoms. The first-order valence-corrected chi connectivity index (χ1v) is 13.6. The molecular weight excluding hydrogens is 521 g/mol. The third-order valence-electron chi connectivity index (χ3n) is 6.81. The van der Waals surface area contributed by atoms with Gasteiger partial charge in [0.1, 0.15) is 5.00 Å². The minimum Gasteiger partial charge on any atom is -0.462 e. The lowest BCUT2D eigenvalue weighted by Gasteiger charge is -2.32. The lowest BCUT2D eigenvalue weighted by atomic mass is 9.95. The number of likely N-dealkylation sites (tertiary alicyclic amines) is 1. The Bertz CT molecular complexity index is 1180. The molecule has 1 aliphatic heterocycles. The number of benzene rings is 1. The van der Waals surface area contributed by atoms with Crippen LogP contribution in [-0.4, -0.2) is 49.2 Å². The van der Waals surface area contributed by atoms with E-state index in [0.29, 0.717) is 43.0 Å². The summed E-state index contributed by atoms with van der Waals surface area (Å²) < 4.78 is 44.9. The van der Waals surface area contributed by atoms with Gasteiger partial charge in [-0.1, -0.05) is 12.1 Å². The van der Waals surface area contributed by atoms with E-state index in [1.165, 1.54) is 34.4 Å². The zero-order chi connectivity index (χ0) is 27.3. The monoisotopic (exact) mass is 552 g/mol. The van der Waals surface area contributed by atoms with E-state index in [0.717, 1.165) is 42.2 Å². The van der Waals surface area contributed by atoms with Crippen LogP contribution in [0.25, 0.3) is 0 Å². The van der Waals surface area contributed by atoms with Crippen LogP contribution in [0.15, 0.2) is 24.3 Å². The van der Waals surface area contributed by atoms with Crippen molar-refractivity contribution < 1.29 is 32.3 Å². The molecule has 4 amide bonds. The van der Waals surface area contributed by atoms with Crippen LogP contribution in [0.3, 0.4) is 0 Å². The number of nitrogens with zero attached hydrogens (tertiary/aromatic N) is 1. The van der Waals surface area contributed by atoms with E-state index in [2.05, 4.69) is 16.0 Å². The lowest BCUT2D eigenvalue weighted by Crippen LogP contribution is -2.44. The second-order valence-electron chi connectivity index (χ2n) is 9.37. The fourth-order valence-electron chi connectivity index (χ4n) is 4.83. The first kappa shape index (κ1) is 27.7. The summed E-state index contributed by atoms with van der Waals surface area (Å²) in [6.45, 7) is 3.09. The molecule has 0 saturated carbocycles. The minimum atomic E-state index is -4.57. The number of fused-ring (bicyclic) bond motifs is 1. The molecule has 0 spiro atoms. The number of hydrogen-bond donors (Lipinski definition) is 3.